The van der Waals surface area contributed by atoms with Gasteiger partial charge in [0, 0.05) is 5.54 Å². The SMILES string of the molecule is CC1(Nc2cc(Cl)c(Cl)cc2N)CC1. The molecule has 0 heterocycles. The standard InChI is InChI=1S/C10H12Cl2N2/c1-10(2-3-10)14-9-5-7(12)6(11)4-8(9)13/h4-5,14H,2-3,13H2,1H3. The molecular weight excluding hydrogens is 219 g/mol. The van der Waals surface area contributed by atoms with Gasteiger partial charge >= 0.3 is 0 Å². The summed E-state index contributed by atoms with van der Waals surface area (Å²) in [6.45, 7) is 2.16. The number of nitrogens with one attached hydrogen (secondary N) is 1. The van der Waals surface area contributed by atoms with Crippen LogP contribution in [-0.4, -0.2) is 5.54 Å². The monoisotopic (exact) mass is 230 g/mol. The van der Waals surface area contributed by atoms with Crippen molar-refractivity contribution in [2.45, 2.75) is 25.3 Å². The lowest BCUT2D eigenvalue weighted by molar-refractivity contribution is 0.830. The zero-order valence-corrected chi connectivity index (χ0v) is 9.41. The maximum absolute atomic E-state index is 5.91. The Bertz CT molecular complexity index is 373. The van der Waals surface area contributed by atoms with Gasteiger partial charge in [0.1, 0.15) is 0 Å². The van der Waals surface area contributed by atoms with Crippen molar-refractivity contribution < 1.29 is 0 Å². The highest BCUT2D eigenvalue weighted by Gasteiger charge is 2.37. The first-order valence-electron chi connectivity index (χ1n) is 4.53. The van der Waals surface area contributed by atoms with Crippen LogP contribution in [0.3, 0.4) is 0 Å². The summed E-state index contributed by atoms with van der Waals surface area (Å²) in [7, 11) is 0. The van der Waals surface area contributed by atoms with Gasteiger partial charge in [-0.25, -0.2) is 0 Å². The average molecular weight is 231 g/mol. The van der Waals surface area contributed by atoms with Crippen LogP contribution in [0, 0.1) is 0 Å². The molecule has 0 aromatic heterocycles. The van der Waals surface area contributed by atoms with E-state index in [-0.39, 0.29) is 5.54 Å². The first kappa shape index (κ1) is 9.94. The first-order chi connectivity index (χ1) is 6.50. The Morgan fingerprint density at radius 2 is 1.86 bits per heavy atom. The van der Waals surface area contributed by atoms with Crippen molar-refractivity contribution in [3.05, 3.63) is 22.2 Å². The number of halogens is 2. The molecule has 76 valence electrons. The van der Waals surface area contributed by atoms with E-state index in [1.165, 1.54) is 12.8 Å². The Hall–Kier alpha value is -0.600. The molecule has 0 atom stereocenters. The van der Waals surface area contributed by atoms with Crippen molar-refractivity contribution in [3.63, 3.8) is 0 Å². The molecule has 0 unspecified atom stereocenters. The molecule has 2 nitrogen and oxygen atoms in total. The second-order valence-corrected chi connectivity index (χ2v) is 4.85. The number of benzene rings is 1. The van der Waals surface area contributed by atoms with Gasteiger partial charge in [0.25, 0.3) is 0 Å². The summed E-state index contributed by atoms with van der Waals surface area (Å²) in [5.74, 6) is 0. The van der Waals surface area contributed by atoms with Gasteiger partial charge < -0.3 is 11.1 Å². The summed E-state index contributed by atoms with van der Waals surface area (Å²) < 4.78 is 0. The molecule has 1 saturated carbocycles. The molecule has 1 aromatic carbocycles. The molecule has 1 fully saturated rings. The van der Waals surface area contributed by atoms with Crippen molar-refractivity contribution >= 4 is 34.6 Å². The summed E-state index contributed by atoms with van der Waals surface area (Å²) >= 11 is 11.7. The van der Waals surface area contributed by atoms with E-state index in [1.807, 2.05) is 0 Å². The van der Waals surface area contributed by atoms with Gasteiger partial charge in [0.15, 0.2) is 0 Å². The van der Waals surface area contributed by atoms with E-state index in [1.54, 1.807) is 12.1 Å². The van der Waals surface area contributed by atoms with E-state index < -0.39 is 0 Å². The third-order valence-corrected chi connectivity index (χ3v) is 3.25. The van der Waals surface area contributed by atoms with Crippen LogP contribution < -0.4 is 11.1 Å². The zero-order chi connectivity index (χ0) is 10.3. The van der Waals surface area contributed by atoms with E-state index in [2.05, 4.69) is 12.2 Å². The zero-order valence-electron chi connectivity index (χ0n) is 7.90. The Labute approximate surface area is 93.4 Å². The number of hydrogen-bond donors (Lipinski definition) is 2. The minimum Gasteiger partial charge on any atom is -0.397 e. The lowest BCUT2D eigenvalue weighted by Crippen LogP contribution is -2.16. The fourth-order valence-electron chi connectivity index (χ4n) is 1.31. The number of nitrogen functional groups attached to an aromatic ring is 1. The quantitative estimate of drug-likeness (QED) is 0.764. The van der Waals surface area contributed by atoms with Gasteiger partial charge in [-0.15, -0.1) is 0 Å². The molecule has 0 spiro atoms. The largest absolute Gasteiger partial charge is 0.397 e. The van der Waals surface area contributed by atoms with Crippen molar-refractivity contribution in [1.29, 1.82) is 0 Å². The molecule has 0 aliphatic heterocycles. The van der Waals surface area contributed by atoms with E-state index in [4.69, 9.17) is 28.9 Å². The number of nitrogens with two attached hydrogens (primary N) is 1. The number of hydrogen-bond acceptors (Lipinski definition) is 2. The molecule has 14 heavy (non-hydrogen) atoms. The third-order valence-electron chi connectivity index (χ3n) is 2.53. The second-order valence-electron chi connectivity index (χ2n) is 4.04. The van der Waals surface area contributed by atoms with Crippen molar-refractivity contribution in [1.82, 2.24) is 0 Å². The van der Waals surface area contributed by atoms with Gasteiger partial charge in [-0.05, 0) is 31.9 Å². The van der Waals surface area contributed by atoms with Crippen LogP contribution in [0.5, 0.6) is 0 Å². The lowest BCUT2D eigenvalue weighted by Gasteiger charge is -2.15. The third kappa shape index (κ3) is 1.91. The molecule has 3 N–H and O–H groups in total. The highest BCUT2D eigenvalue weighted by Crippen LogP contribution is 2.41. The predicted octanol–water partition coefficient (Wildman–Crippen LogP) is 3.54. The van der Waals surface area contributed by atoms with Gasteiger partial charge in [0.2, 0.25) is 0 Å². The molecule has 1 aliphatic rings. The summed E-state index contributed by atoms with van der Waals surface area (Å²) in [5, 5.41) is 4.39. The van der Waals surface area contributed by atoms with Crippen LogP contribution in [0.2, 0.25) is 10.0 Å². The fraction of sp³-hybridized carbons (Fsp3) is 0.400. The summed E-state index contributed by atoms with van der Waals surface area (Å²) in [4.78, 5) is 0. The average Bonchev–Trinajstić information content (AvgIpc) is 2.80. The Morgan fingerprint density at radius 3 is 2.43 bits per heavy atom. The van der Waals surface area contributed by atoms with Gasteiger partial charge in [-0.2, -0.15) is 0 Å². The Kier molecular flexibility index (Phi) is 2.28. The van der Waals surface area contributed by atoms with Crippen molar-refractivity contribution in [3.8, 4) is 0 Å². The van der Waals surface area contributed by atoms with Crippen LogP contribution in [0.15, 0.2) is 12.1 Å². The van der Waals surface area contributed by atoms with Gasteiger partial charge in [-0.1, -0.05) is 23.2 Å². The topological polar surface area (TPSA) is 38.0 Å². The highest BCUT2D eigenvalue weighted by atomic mass is 35.5. The Balaban J connectivity index is 2.29. The number of anilines is 2. The van der Waals surface area contributed by atoms with Crippen LogP contribution in [-0.2, 0) is 0 Å². The Morgan fingerprint density at radius 1 is 1.29 bits per heavy atom. The smallest absolute Gasteiger partial charge is 0.0614 e. The minimum atomic E-state index is 0.200. The fourth-order valence-corrected chi connectivity index (χ4v) is 1.64. The molecule has 0 radical (unpaired) electrons. The van der Waals surface area contributed by atoms with Crippen molar-refractivity contribution in [2.75, 3.05) is 11.1 Å². The summed E-state index contributed by atoms with van der Waals surface area (Å²) in [5.41, 5.74) is 7.54. The molecular formula is C10H12Cl2N2. The van der Waals surface area contributed by atoms with Gasteiger partial charge in [-0.3, -0.25) is 0 Å². The molecule has 0 amide bonds. The normalized spacial score (nSPS) is 17.9. The predicted molar refractivity (Wildman–Crippen MR) is 62.1 cm³/mol. The van der Waals surface area contributed by atoms with Crippen LogP contribution in [0.1, 0.15) is 19.8 Å². The maximum Gasteiger partial charge on any atom is 0.0614 e. The van der Waals surface area contributed by atoms with Gasteiger partial charge in [0.05, 0.1) is 21.4 Å². The molecule has 0 saturated heterocycles. The minimum absolute atomic E-state index is 0.200. The van der Waals surface area contributed by atoms with E-state index in [0.717, 1.165) is 5.69 Å². The summed E-state index contributed by atoms with van der Waals surface area (Å²) in [6, 6.07) is 3.46. The van der Waals surface area contributed by atoms with Crippen LogP contribution in [0.25, 0.3) is 0 Å². The van der Waals surface area contributed by atoms with E-state index >= 15 is 0 Å². The molecule has 4 heteroatoms. The number of rotatable bonds is 2. The van der Waals surface area contributed by atoms with E-state index in [9.17, 15) is 0 Å². The summed E-state index contributed by atoms with van der Waals surface area (Å²) in [6.07, 6.45) is 2.35. The molecule has 1 aliphatic carbocycles. The molecule has 2 rings (SSSR count). The molecule has 0 bridgehead atoms. The second kappa shape index (κ2) is 3.21. The first-order valence-corrected chi connectivity index (χ1v) is 5.28. The highest BCUT2D eigenvalue weighted by molar-refractivity contribution is 6.42. The van der Waals surface area contributed by atoms with Crippen LogP contribution in [0.4, 0.5) is 11.4 Å². The maximum atomic E-state index is 5.91. The lowest BCUT2D eigenvalue weighted by atomic mass is 10.2. The van der Waals surface area contributed by atoms with Crippen LogP contribution >= 0.6 is 23.2 Å². The molecule has 1 aromatic rings. The van der Waals surface area contributed by atoms with Crippen molar-refractivity contribution in [2.24, 2.45) is 0 Å². The van der Waals surface area contributed by atoms with E-state index in [0.29, 0.717) is 15.7 Å².